The summed E-state index contributed by atoms with van der Waals surface area (Å²) in [6, 6.07) is 9.45. The molecule has 3 rings (SSSR count). The molecule has 0 spiro atoms. The summed E-state index contributed by atoms with van der Waals surface area (Å²) in [6.07, 6.45) is 1.35. The zero-order valence-corrected chi connectivity index (χ0v) is 15.5. The summed E-state index contributed by atoms with van der Waals surface area (Å²) in [5.41, 5.74) is 10.6. The van der Waals surface area contributed by atoms with Crippen LogP contribution in [0.25, 0.3) is 22.3 Å². The van der Waals surface area contributed by atoms with Crippen LogP contribution in [0.5, 0.6) is 0 Å². The lowest BCUT2D eigenvalue weighted by Crippen LogP contribution is -2.25. The average Bonchev–Trinajstić information content (AvgIpc) is 3.13. The van der Waals surface area contributed by atoms with E-state index in [0.717, 1.165) is 39.5 Å². The van der Waals surface area contributed by atoms with Gasteiger partial charge in [0.25, 0.3) is 0 Å². The number of benzene rings is 1. The van der Waals surface area contributed by atoms with E-state index in [0.29, 0.717) is 17.9 Å². The number of hydrazone groups is 1. The quantitative estimate of drug-likeness (QED) is 0.380. The molecule has 0 aliphatic heterocycles. The summed E-state index contributed by atoms with van der Waals surface area (Å²) in [5, 5.41) is 5.86. The molecule has 0 aliphatic carbocycles. The van der Waals surface area contributed by atoms with E-state index in [2.05, 4.69) is 10.5 Å². The van der Waals surface area contributed by atoms with Crippen LogP contribution in [0.3, 0.4) is 0 Å². The van der Waals surface area contributed by atoms with Crippen LogP contribution in [0.15, 0.2) is 44.3 Å². The van der Waals surface area contributed by atoms with Crippen LogP contribution in [0, 0.1) is 6.92 Å². The van der Waals surface area contributed by atoms with Gasteiger partial charge in [-0.1, -0.05) is 11.6 Å². The standard InChI is InChI=1S/C18H18ClN3O2S/c1-10(21-22-18(20)25)3-6-16-17(15-7-4-11(2)23-15)13-9-12(19)5-8-14(13)24-16/h4-5,7-9H,3,6H2,1-2H3,(H3,20,22,25)/b21-10+. The van der Waals surface area contributed by atoms with E-state index in [-0.39, 0.29) is 5.11 Å². The lowest BCUT2D eigenvalue weighted by Gasteiger charge is -2.02. The van der Waals surface area contributed by atoms with Gasteiger partial charge in [0, 0.05) is 22.5 Å². The molecule has 5 nitrogen and oxygen atoms in total. The molecule has 3 N–H and O–H groups in total. The number of aryl methyl sites for hydroxylation is 2. The van der Waals surface area contributed by atoms with Gasteiger partial charge in [-0.2, -0.15) is 5.10 Å². The van der Waals surface area contributed by atoms with Crippen LogP contribution in [0.1, 0.15) is 24.9 Å². The molecule has 0 unspecified atom stereocenters. The van der Waals surface area contributed by atoms with Gasteiger partial charge < -0.3 is 14.6 Å². The third-order valence-electron chi connectivity index (χ3n) is 3.78. The van der Waals surface area contributed by atoms with Crippen molar-refractivity contribution in [2.45, 2.75) is 26.7 Å². The summed E-state index contributed by atoms with van der Waals surface area (Å²) in [4.78, 5) is 0. The zero-order valence-electron chi connectivity index (χ0n) is 13.9. The molecule has 25 heavy (non-hydrogen) atoms. The highest BCUT2D eigenvalue weighted by molar-refractivity contribution is 7.80. The van der Waals surface area contributed by atoms with Crippen LogP contribution < -0.4 is 11.2 Å². The number of rotatable bonds is 5. The Kier molecular flexibility index (Phi) is 5.11. The summed E-state index contributed by atoms with van der Waals surface area (Å²) < 4.78 is 11.9. The van der Waals surface area contributed by atoms with Crippen molar-refractivity contribution in [3.63, 3.8) is 0 Å². The highest BCUT2D eigenvalue weighted by Crippen LogP contribution is 2.37. The van der Waals surface area contributed by atoms with E-state index < -0.39 is 0 Å². The maximum atomic E-state index is 6.17. The summed E-state index contributed by atoms with van der Waals surface area (Å²) >= 11 is 10.9. The second-order valence-corrected chi connectivity index (χ2v) is 6.65. The number of fused-ring (bicyclic) bond motifs is 1. The fourth-order valence-electron chi connectivity index (χ4n) is 2.64. The van der Waals surface area contributed by atoms with Gasteiger partial charge in [-0.15, -0.1) is 0 Å². The zero-order chi connectivity index (χ0) is 18.0. The number of nitrogens with two attached hydrogens (primary N) is 1. The van der Waals surface area contributed by atoms with Crippen LogP contribution in [0.2, 0.25) is 5.02 Å². The second-order valence-electron chi connectivity index (χ2n) is 5.77. The molecule has 0 amide bonds. The third kappa shape index (κ3) is 4.03. The Hall–Kier alpha value is -2.31. The molecule has 0 bridgehead atoms. The van der Waals surface area contributed by atoms with Crippen molar-refractivity contribution in [3.05, 3.63) is 46.9 Å². The van der Waals surface area contributed by atoms with Crippen molar-refractivity contribution in [3.8, 4) is 11.3 Å². The lowest BCUT2D eigenvalue weighted by atomic mass is 10.0. The molecule has 0 atom stereocenters. The lowest BCUT2D eigenvalue weighted by molar-refractivity contribution is 0.532. The van der Waals surface area contributed by atoms with Gasteiger partial charge >= 0.3 is 0 Å². The fourth-order valence-corrected chi connectivity index (χ4v) is 2.85. The number of halogens is 1. The number of furan rings is 2. The first-order valence-electron chi connectivity index (χ1n) is 7.80. The van der Waals surface area contributed by atoms with Gasteiger partial charge in [-0.3, -0.25) is 5.43 Å². The van der Waals surface area contributed by atoms with Crippen LogP contribution in [0.4, 0.5) is 0 Å². The van der Waals surface area contributed by atoms with Crippen LogP contribution in [-0.4, -0.2) is 10.8 Å². The van der Waals surface area contributed by atoms with E-state index in [4.69, 9.17) is 38.4 Å². The third-order valence-corrected chi connectivity index (χ3v) is 4.11. The first-order chi connectivity index (χ1) is 11.9. The molecule has 0 aliphatic rings. The molecule has 130 valence electrons. The summed E-state index contributed by atoms with van der Waals surface area (Å²) in [5.74, 6) is 2.44. The molecule has 3 aromatic rings. The Bertz CT molecular complexity index is 959. The Morgan fingerprint density at radius 2 is 2.08 bits per heavy atom. The molecule has 0 radical (unpaired) electrons. The Labute approximate surface area is 155 Å². The number of hydrogen-bond acceptors (Lipinski definition) is 4. The minimum absolute atomic E-state index is 0.143. The fraction of sp³-hybridized carbons (Fsp3) is 0.222. The average molecular weight is 376 g/mol. The first-order valence-corrected chi connectivity index (χ1v) is 8.59. The highest BCUT2D eigenvalue weighted by Gasteiger charge is 2.19. The largest absolute Gasteiger partial charge is 0.461 e. The minimum atomic E-state index is 0.143. The normalized spacial score (nSPS) is 11.9. The second kappa shape index (κ2) is 7.29. The predicted molar refractivity (Wildman–Crippen MR) is 105 cm³/mol. The van der Waals surface area contributed by atoms with Crippen LogP contribution in [-0.2, 0) is 6.42 Å². The molecule has 7 heteroatoms. The molecule has 0 saturated carbocycles. The van der Waals surface area contributed by atoms with Crippen molar-refractivity contribution >= 4 is 45.6 Å². The number of hydrogen-bond donors (Lipinski definition) is 2. The number of nitrogens with zero attached hydrogens (tertiary/aromatic N) is 1. The first kappa shape index (κ1) is 17.5. The molecule has 2 heterocycles. The van der Waals surface area contributed by atoms with Gasteiger partial charge in [-0.25, -0.2) is 0 Å². The van der Waals surface area contributed by atoms with Crippen molar-refractivity contribution in [2.75, 3.05) is 0 Å². The number of nitrogens with one attached hydrogen (secondary N) is 1. The van der Waals surface area contributed by atoms with Crippen molar-refractivity contribution in [1.82, 2.24) is 5.43 Å². The maximum Gasteiger partial charge on any atom is 0.184 e. The van der Waals surface area contributed by atoms with E-state index in [1.165, 1.54) is 0 Å². The van der Waals surface area contributed by atoms with E-state index in [1.54, 1.807) is 0 Å². The van der Waals surface area contributed by atoms with Gasteiger partial charge in [0.1, 0.15) is 22.9 Å². The highest BCUT2D eigenvalue weighted by atomic mass is 35.5. The molecular formula is C18H18ClN3O2S. The monoisotopic (exact) mass is 375 g/mol. The van der Waals surface area contributed by atoms with Crippen LogP contribution >= 0.6 is 23.8 Å². The Morgan fingerprint density at radius 1 is 1.28 bits per heavy atom. The summed E-state index contributed by atoms with van der Waals surface area (Å²) in [7, 11) is 0. The van der Waals surface area contributed by atoms with E-state index >= 15 is 0 Å². The minimum Gasteiger partial charge on any atom is -0.461 e. The molecule has 2 aromatic heterocycles. The Balaban J connectivity index is 1.97. The smallest absolute Gasteiger partial charge is 0.184 e. The predicted octanol–water partition coefficient (Wildman–Crippen LogP) is 4.80. The number of thiocarbonyl (C=S) groups is 1. The molecule has 0 fully saturated rings. The Morgan fingerprint density at radius 3 is 2.76 bits per heavy atom. The van der Waals surface area contributed by atoms with Crippen molar-refractivity contribution < 1.29 is 8.83 Å². The molecule has 0 saturated heterocycles. The van der Waals surface area contributed by atoms with Gasteiger partial charge in [0.2, 0.25) is 0 Å². The van der Waals surface area contributed by atoms with Crippen molar-refractivity contribution in [1.29, 1.82) is 0 Å². The van der Waals surface area contributed by atoms with E-state index in [1.807, 2.05) is 44.2 Å². The SMILES string of the molecule is C/C(CCc1oc2ccc(Cl)cc2c1-c1ccc(C)o1)=N\NC(N)=S. The topological polar surface area (TPSA) is 76.7 Å². The van der Waals surface area contributed by atoms with Gasteiger partial charge in [-0.05, 0) is 62.8 Å². The molecular weight excluding hydrogens is 358 g/mol. The maximum absolute atomic E-state index is 6.17. The van der Waals surface area contributed by atoms with Crippen molar-refractivity contribution in [2.24, 2.45) is 10.8 Å². The van der Waals surface area contributed by atoms with E-state index in [9.17, 15) is 0 Å². The summed E-state index contributed by atoms with van der Waals surface area (Å²) in [6.45, 7) is 3.82. The molecule has 1 aromatic carbocycles. The van der Waals surface area contributed by atoms with Gasteiger partial charge in [0.15, 0.2) is 5.11 Å². The van der Waals surface area contributed by atoms with Gasteiger partial charge in [0.05, 0.1) is 5.56 Å².